The molecule has 0 saturated carbocycles. The smallest absolute Gasteiger partial charge is 0.263 e. The highest BCUT2D eigenvalue weighted by Gasteiger charge is 2.20. The van der Waals surface area contributed by atoms with Crippen molar-refractivity contribution < 1.29 is 17.2 Å². The van der Waals surface area contributed by atoms with Crippen molar-refractivity contribution in [2.45, 2.75) is 4.90 Å². The van der Waals surface area contributed by atoms with E-state index in [-0.39, 0.29) is 9.37 Å². The van der Waals surface area contributed by atoms with Gasteiger partial charge in [-0.3, -0.25) is 4.72 Å². The highest BCUT2D eigenvalue weighted by Crippen LogP contribution is 2.29. The van der Waals surface area contributed by atoms with Crippen LogP contribution in [0, 0.1) is 11.6 Å². The maximum atomic E-state index is 13.7. The van der Waals surface area contributed by atoms with E-state index in [9.17, 15) is 17.2 Å². The van der Waals surface area contributed by atoms with Crippen molar-refractivity contribution in [1.29, 1.82) is 0 Å². The summed E-state index contributed by atoms with van der Waals surface area (Å²) >= 11 is 9.13. The van der Waals surface area contributed by atoms with E-state index in [0.717, 1.165) is 12.1 Å². The maximum absolute atomic E-state index is 13.7. The lowest BCUT2D eigenvalue weighted by Gasteiger charge is -2.11. The molecule has 0 aromatic heterocycles. The van der Waals surface area contributed by atoms with Gasteiger partial charge in [-0.25, -0.2) is 17.2 Å². The van der Waals surface area contributed by atoms with Crippen molar-refractivity contribution in [3.05, 3.63) is 55.4 Å². The number of halogens is 5. The molecule has 0 unspecified atom stereocenters. The van der Waals surface area contributed by atoms with Crippen LogP contribution in [0.2, 0.25) is 0 Å². The zero-order valence-corrected chi connectivity index (χ0v) is 15.6. The molecule has 0 spiro atoms. The van der Waals surface area contributed by atoms with Crippen LogP contribution in [0.15, 0.2) is 48.6 Å². The Morgan fingerprint density at radius 2 is 1.57 bits per heavy atom. The Labute approximate surface area is 145 Å². The maximum Gasteiger partial charge on any atom is 0.263 e. The molecule has 2 aromatic carbocycles. The molecule has 9 heteroatoms. The van der Waals surface area contributed by atoms with Crippen LogP contribution in [-0.4, -0.2) is 8.42 Å². The van der Waals surface area contributed by atoms with E-state index in [1.807, 2.05) is 4.72 Å². The molecule has 0 atom stereocenters. The minimum Gasteiger partial charge on any atom is -0.277 e. The van der Waals surface area contributed by atoms with Crippen LogP contribution in [-0.2, 0) is 10.0 Å². The number of rotatable bonds is 3. The Bertz CT molecular complexity index is 812. The second-order valence-corrected chi connectivity index (χ2v) is 8.20. The zero-order valence-electron chi connectivity index (χ0n) is 10.0. The third-order valence-electron chi connectivity index (χ3n) is 2.44. The van der Waals surface area contributed by atoms with E-state index in [4.69, 9.17) is 0 Å². The summed E-state index contributed by atoms with van der Waals surface area (Å²) in [6, 6.07) is 6.02. The third-order valence-corrected chi connectivity index (χ3v) is 5.88. The molecule has 0 amide bonds. The first-order valence-electron chi connectivity index (χ1n) is 5.33. The number of sulfonamides is 1. The molecular weight excluding hydrogens is 500 g/mol. The summed E-state index contributed by atoms with van der Waals surface area (Å²) in [6.45, 7) is 0. The molecule has 2 aromatic rings. The molecule has 0 fully saturated rings. The summed E-state index contributed by atoms with van der Waals surface area (Å²) in [5.74, 6) is -1.66. The number of hydrogen-bond acceptors (Lipinski definition) is 2. The Kier molecular flexibility index (Phi) is 5.07. The standard InChI is InChI=1S/C12H6Br3F2NO2S/c13-6-1-2-12(8(15)3-6)21(19,20)18-11-5-9(16)7(14)4-10(11)17/h1-5,18H. The van der Waals surface area contributed by atoms with E-state index in [0.29, 0.717) is 8.95 Å². The van der Waals surface area contributed by atoms with Crippen molar-refractivity contribution in [3.63, 3.8) is 0 Å². The lowest BCUT2D eigenvalue weighted by atomic mass is 10.3. The van der Waals surface area contributed by atoms with Crippen LogP contribution >= 0.6 is 47.8 Å². The van der Waals surface area contributed by atoms with Crippen LogP contribution in [0.1, 0.15) is 0 Å². The molecule has 0 aliphatic carbocycles. The first kappa shape index (κ1) is 16.9. The molecule has 2 rings (SSSR count). The average molecular weight is 506 g/mol. The fourth-order valence-electron chi connectivity index (χ4n) is 1.49. The minimum atomic E-state index is -4.05. The Morgan fingerprint density at radius 3 is 2.19 bits per heavy atom. The molecule has 0 bridgehead atoms. The first-order chi connectivity index (χ1) is 9.70. The van der Waals surface area contributed by atoms with Gasteiger partial charge in [0.05, 0.1) is 10.2 Å². The Hall–Kier alpha value is -0.510. The van der Waals surface area contributed by atoms with Crippen LogP contribution in [0.5, 0.6) is 0 Å². The zero-order chi connectivity index (χ0) is 15.8. The molecular formula is C12H6Br3F2NO2S. The van der Waals surface area contributed by atoms with Crippen molar-refractivity contribution >= 4 is 63.5 Å². The lowest BCUT2D eigenvalue weighted by molar-refractivity contribution is 0.591. The summed E-state index contributed by atoms with van der Waals surface area (Å²) in [6.07, 6.45) is 0. The molecule has 21 heavy (non-hydrogen) atoms. The van der Waals surface area contributed by atoms with Gasteiger partial charge in [-0.05, 0) is 56.1 Å². The largest absolute Gasteiger partial charge is 0.277 e. The van der Waals surface area contributed by atoms with Gasteiger partial charge < -0.3 is 0 Å². The fraction of sp³-hybridized carbons (Fsp3) is 0. The molecule has 1 N–H and O–H groups in total. The van der Waals surface area contributed by atoms with Gasteiger partial charge in [0.15, 0.2) is 0 Å². The molecule has 0 radical (unpaired) electrons. The Morgan fingerprint density at radius 1 is 0.905 bits per heavy atom. The second-order valence-electron chi connectivity index (χ2n) is 3.93. The summed E-state index contributed by atoms with van der Waals surface area (Å²) in [5, 5.41) is 0. The van der Waals surface area contributed by atoms with Crippen molar-refractivity contribution in [3.8, 4) is 0 Å². The number of hydrogen-bond donors (Lipinski definition) is 1. The summed E-state index contributed by atoms with van der Waals surface area (Å²) in [7, 11) is -4.05. The monoisotopic (exact) mass is 503 g/mol. The van der Waals surface area contributed by atoms with E-state index in [1.165, 1.54) is 18.2 Å². The van der Waals surface area contributed by atoms with Gasteiger partial charge in [0, 0.05) is 15.0 Å². The molecule has 0 saturated heterocycles. The van der Waals surface area contributed by atoms with Crippen molar-refractivity contribution in [2.75, 3.05) is 4.72 Å². The van der Waals surface area contributed by atoms with Crippen LogP contribution in [0.3, 0.4) is 0 Å². The van der Waals surface area contributed by atoms with Gasteiger partial charge >= 0.3 is 0 Å². The van der Waals surface area contributed by atoms with Crippen LogP contribution < -0.4 is 4.72 Å². The fourth-order valence-corrected chi connectivity index (χ4v) is 4.61. The van der Waals surface area contributed by atoms with E-state index < -0.39 is 27.3 Å². The van der Waals surface area contributed by atoms with Gasteiger partial charge in [0.1, 0.15) is 16.5 Å². The highest BCUT2D eigenvalue weighted by molar-refractivity contribution is 9.11. The van der Waals surface area contributed by atoms with Gasteiger partial charge in [0.2, 0.25) is 0 Å². The van der Waals surface area contributed by atoms with Crippen LogP contribution in [0.4, 0.5) is 14.5 Å². The second kappa shape index (κ2) is 6.31. The SMILES string of the molecule is O=S(=O)(Nc1cc(F)c(Br)cc1F)c1ccc(Br)cc1Br. The number of anilines is 1. The molecule has 112 valence electrons. The predicted octanol–water partition coefficient (Wildman–Crippen LogP) is 5.05. The van der Waals surface area contributed by atoms with E-state index in [1.54, 1.807) is 0 Å². The summed E-state index contributed by atoms with van der Waals surface area (Å²) in [4.78, 5) is -0.0894. The third kappa shape index (κ3) is 3.82. The van der Waals surface area contributed by atoms with Gasteiger partial charge in [-0.15, -0.1) is 0 Å². The van der Waals surface area contributed by atoms with E-state index in [2.05, 4.69) is 47.8 Å². The van der Waals surface area contributed by atoms with Gasteiger partial charge in [-0.1, -0.05) is 15.9 Å². The van der Waals surface area contributed by atoms with Crippen molar-refractivity contribution in [2.24, 2.45) is 0 Å². The van der Waals surface area contributed by atoms with Gasteiger partial charge in [-0.2, -0.15) is 0 Å². The summed E-state index contributed by atoms with van der Waals surface area (Å²) < 4.78 is 54.5. The lowest BCUT2D eigenvalue weighted by Crippen LogP contribution is -2.14. The summed E-state index contributed by atoms with van der Waals surface area (Å²) in [5.41, 5.74) is -0.467. The average Bonchev–Trinajstić information content (AvgIpc) is 2.35. The number of nitrogens with one attached hydrogen (secondary N) is 1. The van der Waals surface area contributed by atoms with Crippen LogP contribution in [0.25, 0.3) is 0 Å². The molecule has 0 aliphatic heterocycles. The van der Waals surface area contributed by atoms with E-state index >= 15 is 0 Å². The minimum absolute atomic E-state index is 0.0894. The molecule has 0 heterocycles. The topological polar surface area (TPSA) is 46.2 Å². The first-order valence-corrected chi connectivity index (χ1v) is 9.19. The quantitative estimate of drug-likeness (QED) is 0.593. The Balaban J connectivity index is 2.45. The van der Waals surface area contributed by atoms with Crippen molar-refractivity contribution in [1.82, 2.24) is 0 Å². The number of benzene rings is 2. The molecule has 0 aliphatic rings. The normalized spacial score (nSPS) is 11.5. The predicted molar refractivity (Wildman–Crippen MR) is 86.7 cm³/mol. The van der Waals surface area contributed by atoms with Gasteiger partial charge in [0.25, 0.3) is 10.0 Å². The highest BCUT2D eigenvalue weighted by atomic mass is 79.9. The molecule has 3 nitrogen and oxygen atoms in total.